The van der Waals surface area contributed by atoms with Crippen molar-refractivity contribution in [3.63, 3.8) is 0 Å². The predicted molar refractivity (Wildman–Crippen MR) is 96.0 cm³/mol. The van der Waals surface area contributed by atoms with Crippen molar-refractivity contribution in [3.05, 3.63) is 0 Å². The average Bonchev–Trinajstić information content (AvgIpc) is 2.96. The largest absolute Gasteiger partial charge is 0.441 e. The van der Waals surface area contributed by atoms with Crippen LogP contribution < -0.4 is 5.32 Å². The Kier molecular flexibility index (Phi) is 11.9. The van der Waals surface area contributed by atoms with E-state index in [1.807, 2.05) is 0 Å². The molecule has 1 heterocycles. The van der Waals surface area contributed by atoms with E-state index >= 15 is 0 Å². The third kappa shape index (κ3) is 8.88. The SMILES string of the molecule is CCCCCCCCCCCCCC[C@@H](O)[C@H]1OC(=O)N[C@@H]1CO. The van der Waals surface area contributed by atoms with Crippen molar-refractivity contribution in [2.75, 3.05) is 6.61 Å². The summed E-state index contributed by atoms with van der Waals surface area (Å²) in [5, 5.41) is 21.8. The van der Waals surface area contributed by atoms with Gasteiger partial charge in [-0.15, -0.1) is 0 Å². The number of cyclic esters (lactones) is 1. The first-order valence-corrected chi connectivity index (χ1v) is 9.95. The molecule has 0 aromatic carbocycles. The van der Waals surface area contributed by atoms with Gasteiger partial charge in [0.2, 0.25) is 0 Å². The highest BCUT2D eigenvalue weighted by Gasteiger charge is 2.38. The van der Waals surface area contributed by atoms with E-state index in [0.717, 1.165) is 12.8 Å². The van der Waals surface area contributed by atoms with Gasteiger partial charge in [-0.1, -0.05) is 84.0 Å². The number of rotatable bonds is 15. The smallest absolute Gasteiger partial charge is 0.408 e. The van der Waals surface area contributed by atoms with Gasteiger partial charge in [0.05, 0.1) is 18.8 Å². The molecule has 0 unspecified atom stereocenters. The van der Waals surface area contributed by atoms with Gasteiger partial charge in [0.15, 0.2) is 6.10 Å². The molecule has 5 heteroatoms. The number of aliphatic hydroxyl groups is 2. The molecule has 0 aromatic rings. The summed E-state index contributed by atoms with van der Waals surface area (Å²) in [6.07, 6.45) is 14.1. The van der Waals surface area contributed by atoms with E-state index in [2.05, 4.69) is 12.2 Å². The van der Waals surface area contributed by atoms with E-state index in [1.54, 1.807) is 0 Å². The Hall–Kier alpha value is -0.810. The molecule has 0 saturated carbocycles. The fourth-order valence-electron chi connectivity index (χ4n) is 3.33. The first-order valence-electron chi connectivity index (χ1n) is 9.95. The van der Waals surface area contributed by atoms with Crippen molar-refractivity contribution < 1.29 is 19.7 Å². The van der Waals surface area contributed by atoms with Crippen LogP contribution in [-0.4, -0.2) is 41.2 Å². The summed E-state index contributed by atoms with van der Waals surface area (Å²) in [6.45, 7) is 2.05. The third-order valence-electron chi connectivity index (χ3n) is 4.87. The summed E-state index contributed by atoms with van der Waals surface area (Å²) in [4.78, 5) is 11.1. The Morgan fingerprint density at radius 2 is 1.46 bits per heavy atom. The van der Waals surface area contributed by atoms with E-state index in [1.165, 1.54) is 64.2 Å². The molecule has 5 nitrogen and oxygen atoms in total. The number of aliphatic hydroxyl groups excluding tert-OH is 2. The van der Waals surface area contributed by atoms with Crippen LogP contribution in [0.3, 0.4) is 0 Å². The van der Waals surface area contributed by atoms with Gasteiger partial charge in [-0.05, 0) is 6.42 Å². The molecule has 142 valence electrons. The standard InChI is InChI=1S/C19H37NO4/c1-2-3-4-5-6-7-8-9-10-11-12-13-14-17(22)18-16(15-21)20-19(23)24-18/h16-18,21-22H,2-15H2,1H3,(H,20,23)/t16-,17-,18+/m1/s1. The van der Waals surface area contributed by atoms with Gasteiger partial charge in [-0.2, -0.15) is 0 Å². The number of nitrogens with one attached hydrogen (secondary N) is 1. The minimum Gasteiger partial charge on any atom is -0.441 e. The van der Waals surface area contributed by atoms with Crippen molar-refractivity contribution in [2.45, 2.75) is 109 Å². The molecule has 1 amide bonds. The monoisotopic (exact) mass is 343 g/mol. The Balaban J connectivity index is 1.90. The molecule has 1 rings (SSSR count). The topological polar surface area (TPSA) is 78.8 Å². The van der Waals surface area contributed by atoms with Gasteiger partial charge >= 0.3 is 6.09 Å². The maximum Gasteiger partial charge on any atom is 0.408 e. The van der Waals surface area contributed by atoms with Gasteiger partial charge in [-0.3, -0.25) is 0 Å². The number of carbonyl (C=O) groups is 1. The van der Waals surface area contributed by atoms with Crippen LogP contribution in [-0.2, 0) is 4.74 Å². The number of hydrogen-bond donors (Lipinski definition) is 3. The van der Waals surface area contributed by atoms with Gasteiger partial charge in [-0.25, -0.2) is 4.79 Å². The summed E-state index contributed by atoms with van der Waals surface area (Å²) in [5.41, 5.74) is 0. The Morgan fingerprint density at radius 3 is 1.96 bits per heavy atom. The molecule has 1 aliphatic heterocycles. The predicted octanol–water partition coefficient (Wildman–Crippen LogP) is 3.91. The zero-order valence-electron chi connectivity index (χ0n) is 15.3. The molecule has 3 N–H and O–H groups in total. The molecule has 0 radical (unpaired) electrons. The highest BCUT2D eigenvalue weighted by Crippen LogP contribution is 2.18. The number of unbranched alkanes of at least 4 members (excludes halogenated alkanes) is 11. The molecule has 0 spiro atoms. The quantitative estimate of drug-likeness (QED) is 0.394. The lowest BCUT2D eigenvalue weighted by Gasteiger charge is -2.20. The number of amides is 1. The zero-order chi connectivity index (χ0) is 17.6. The number of alkyl carbamates (subject to hydrolysis) is 1. The normalized spacial score (nSPS) is 21.5. The summed E-state index contributed by atoms with van der Waals surface area (Å²) in [6, 6.07) is -0.482. The summed E-state index contributed by atoms with van der Waals surface area (Å²) in [5.74, 6) is 0. The van der Waals surface area contributed by atoms with E-state index in [9.17, 15) is 15.0 Å². The lowest BCUT2D eigenvalue weighted by molar-refractivity contribution is 0.00504. The van der Waals surface area contributed by atoms with Crippen LogP contribution in [0.2, 0.25) is 0 Å². The van der Waals surface area contributed by atoms with E-state index in [-0.39, 0.29) is 6.61 Å². The van der Waals surface area contributed by atoms with Crippen LogP contribution in [0.15, 0.2) is 0 Å². The molecule has 1 fully saturated rings. The average molecular weight is 344 g/mol. The van der Waals surface area contributed by atoms with Crippen LogP contribution in [0.1, 0.15) is 90.4 Å². The van der Waals surface area contributed by atoms with Gasteiger partial charge < -0.3 is 20.3 Å². The van der Waals surface area contributed by atoms with Crippen LogP contribution >= 0.6 is 0 Å². The second kappa shape index (κ2) is 13.5. The lowest BCUT2D eigenvalue weighted by atomic mass is 10.00. The highest BCUT2D eigenvalue weighted by atomic mass is 16.6. The van der Waals surface area contributed by atoms with E-state index < -0.39 is 24.3 Å². The molecule has 3 atom stereocenters. The Bertz CT molecular complexity index is 324. The molecule has 0 aliphatic carbocycles. The molecule has 24 heavy (non-hydrogen) atoms. The zero-order valence-corrected chi connectivity index (χ0v) is 15.3. The molecule has 0 bridgehead atoms. The first kappa shape index (κ1) is 21.2. The van der Waals surface area contributed by atoms with Crippen LogP contribution in [0.25, 0.3) is 0 Å². The fraction of sp³-hybridized carbons (Fsp3) is 0.947. The molecule has 1 saturated heterocycles. The van der Waals surface area contributed by atoms with E-state index in [4.69, 9.17) is 4.74 Å². The van der Waals surface area contributed by atoms with Crippen LogP contribution in [0, 0.1) is 0 Å². The van der Waals surface area contributed by atoms with Gasteiger partial charge in [0.1, 0.15) is 0 Å². The second-order valence-corrected chi connectivity index (χ2v) is 7.05. The van der Waals surface area contributed by atoms with Crippen LogP contribution in [0.4, 0.5) is 4.79 Å². The minimum atomic E-state index is -0.691. The van der Waals surface area contributed by atoms with Crippen LogP contribution in [0.5, 0.6) is 0 Å². The van der Waals surface area contributed by atoms with Crippen molar-refractivity contribution >= 4 is 6.09 Å². The Morgan fingerprint density at radius 1 is 0.958 bits per heavy atom. The molecular weight excluding hydrogens is 306 g/mol. The maximum absolute atomic E-state index is 11.1. The first-order chi connectivity index (χ1) is 11.7. The fourth-order valence-corrected chi connectivity index (χ4v) is 3.33. The van der Waals surface area contributed by atoms with Crippen molar-refractivity contribution in [3.8, 4) is 0 Å². The van der Waals surface area contributed by atoms with E-state index in [0.29, 0.717) is 6.42 Å². The molecule has 0 aromatic heterocycles. The lowest BCUT2D eigenvalue weighted by Crippen LogP contribution is -2.41. The molecular formula is C19H37NO4. The third-order valence-corrected chi connectivity index (χ3v) is 4.87. The summed E-state index contributed by atoms with van der Waals surface area (Å²) >= 11 is 0. The highest BCUT2D eigenvalue weighted by molar-refractivity contribution is 5.70. The van der Waals surface area contributed by atoms with Crippen molar-refractivity contribution in [1.29, 1.82) is 0 Å². The number of ether oxygens (including phenoxy) is 1. The number of carbonyl (C=O) groups excluding carboxylic acids is 1. The van der Waals surface area contributed by atoms with Crippen molar-refractivity contribution in [2.24, 2.45) is 0 Å². The molecule has 1 aliphatic rings. The van der Waals surface area contributed by atoms with Gasteiger partial charge in [0.25, 0.3) is 0 Å². The maximum atomic E-state index is 11.1. The summed E-state index contributed by atoms with van der Waals surface area (Å²) < 4.78 is 5.02. The minimum absolute atomic E-state index is 0.202. The van der Waals surface area contributed by atoms with Gasteiger partial charge in [0, 0.05) is 0 Å². The Labute approximate surface area is 147 Å². The number of hydrogen-bond acceptors (Lipinski definition) is 4. The summed E-state index contributed by atoms with van der Waals surface area (Å²) in [7, 11) is 0. The van der Waals surface area contributed by atoms with Crippen molar-refractivity contribution in [1.82, 2.24) is 5.32 Å². The second-order valence-electron chi connectivity index (χ2n) is 7.05.